The molecule has 3 N–H and O–H groups in total. The van der Waals surface area contributed by atoms with Gasteiger partial charge in [0, 0.05) is 19.6 Å². The van der Waals surface area contributed by atoms with E-state index in [0.717, 1.165) is 38.8 Å². The molecule has 1 aliphatic rings. The molecule has 1 amide bonds. The molecule has 29 heavy (non-hydrogen) atoms. The van der Waals surface area contributed by atoms with Gasteiger partial charge in [0.2, 0.25) is 5.91 Å². The van der Waals surface area contributed by atoms with Crippen LogP contribution in [0.2, 0.25) is 0 Å². The Labute approximate surface area is 173 Å². The summed E-state index contributed by atoms with van der Waals surface area (Å²) in [5.41, 5.74) is 5.23. The van der Waals surface area contributed by atoms with Crippen LogP contribution in [0.25, 0.3) is 0 Å². The number of nitrogens with two attached hydrogens (primary N) is 1. The van der Waals surface area contributed by atoms with E-state index >= 15 is 0 Å². The number of nitrogens with zero attached hydrogens (tertiary/aromatic N) is 3. The van der Waals surface area contributed by atoms with Crippen LogP contribution in [-0.2, 0) is 11.3 Å². The highest BCUT2D eigenvalue weighted by Crippen LogP contribution is 2.22. The van der Waals surface area contributed by atoms with Crippen molar-refractivity contribution in [2.75, 3.05) is 36.8 Å². The summed E-state index contributed by atoms with van der Waals surface area (Å²) in [7, 11) is 0. The summed E-state index contributed by atoms with van der Waals surface area (Å²) in [4.78, 5) is 44.1. The van der Waals surface area contributed by atoms with E-state index in [0.29, 0.717) is 19.0 Å². The number of anilines is 2. The molecule has 164 valence electrons. The van der Waals surface area contributed by atoms with Crippen LogP contribution in [0, 0.1) is 11.8 Å². The van der Waals surface area contributed by atoms with E-state index in [9.17, 15) is 14.4 Å². The quantitative estimate of drug-likeness (QED) is 0.652. The highest BCUT2D eigenvalue weighted by molar-refractivity contribution is 5.96. The minimum atomic E-state index is -0.595. The van der Waals surface area contributed by atoms with Crippen molar-refractivity contribution in [1.82, 2.24) is 14.5 Å². The van der Waals surface area contributed by atoms with Crippen molar-refractivity contribution in [2.45, 2.75) is 66.3 Å². The Morgan fingerprint density at radius 1 is 1.31 bits per heavy atom. The maximum Gasteiger partial charge on any atom is 0.330 e. The number of aromatic amines is 1. The van der Waals surface area contributed by atoms with Crippen molar-refractivity contribution in [3.8, 4) is 0 Å². The predicted octanol–water partition coefficient (Wildman–Crippen LogP) is 2.03. The zero-order valence-electron chi connectivity index (χ0n) is 18.4. The van der Waals surface area contributed by atoms with Gasteiger partial charge < -0.3 is 10.6 Å². The fraction of sp³-hybridized carbons (Fsp3) is 0.762. The van der Waals surface area contributed by atoms with E-state index in [2.05, 4.69) is 16.8 Å². The Kier molecular flexibility index (Phi) is 8.49. The molecule has 0 radical (unpaired) electrons. The van der Waals surface area contributed by atoms with E-state index in [4.69, 9.17) is 5.73 Å². The van der Waals surface area contributed by atoms with Gasteiger partial charge in [-0.2, -0.15) is 0 Å². The summed E-state index contributed by atoms with van der Waals surface area (Å²) in [5.74, 6) is 0.721. The monoisotopic (exact) mass is 407 g/mol. The number of hydrogen-bond acceptors (Lipinski definition) is 5. The lowest BCUT2D eigenvalue weighted by molar-refractivity contribution is -0.120. The number of hydrogen-bond donors (Lipinski definition) is 2. The first-order valence-electron chi connectivity index (χ1n) is 10.9. The molecule has 1 fully saturated rings. The Balaban J connectivity index is 2.35. The molecular weight excluding hydrogens is 370 g/mol. The molecule has 1 aliphatic heterocycles. The van der Waals surface area contributed by atoms with Crippen LogP contribution in [0.15, 0.2) is 9.59 Å². The van der Waals surface area contributed by atoms with Gasteiger partial charge in [0.15, 0.2) is 5.69 Å². The van der Waals surface area contributed by atoms with Crippen LogP contribution in [0.4, 0.5) is 11.5 Å². The lowest BCUT2D eigenvalue weighted by atomic mass is 9.96. The van der Waals surface area contributed by atoms with E-state index in [-0.39, 0.29) is 29.9 Å². The lowest BCUT2D eigenvalue weighted by Crippen LogP contribution is -2.47. The van der Waals surface area contributed by atoms with Gasteiger partial charge in [-0.15, -0.1) is 0 Å². The molecule has 8 heteroatoms. The third kappa shape index (κ3) is 5.95. The first-order chi connectivity index (χ1) is 13.8. The van der Waals surface area contributed by atoms with Gasteiger partial charge in [0.25, 0.3) is 5.56 Å². The number of nitrogen functional groups attached to an aromatic ring is 1. The molecule has 0 bridgehead atoms. The second kappa shape index (κ2) is 10.6. The summed E-state index contributed by atoms with van der Waals surface area (Å²) in [6.07, 6.45) is 5.04. The third-order valence-electron chi connectivity index (χ3n) is 5.61. The molecule has 0 aliphatic carbocycles. The van der Waals surface area contributed by atoms with Gasteiger partial charge in [0.05, 0.1) is 6.54 Å². The zero-order valence-corrected chi connectivity index (χ0v) is 18.4. The van der Waals surface area contributed by atoms with Gasteiger partial charge in [-0.25, -0.2) is 4.79 Å². The minimum Gasteiger partial charge on any atom is -0.383 e. The third-order valence-corrected chi connectivity index (χ3v) is 5.61. The van der Waals surface area contributed by atoms with E-state index < -0.39 is 11.2 Å². The van der Waals surface area contributed by atoms with Crippen LogP contribution in [0.5, 0.6) is 0 Å². The Morgan fingerprint density at radius 3 is 2.66 bits per heavy atom. The minimum absolute atomic E-state index is 0.0713. The second-order valence-electron chi connectivity index (χ2n) is 8.55. The van der Waals surface area contributed by atoms with Gasteiger partial charge >= 0.3 is 5.69 Å². The standard InChI is InChI=1S/C21H37N5O3/c1-5-7-11-25(17(27)14-24-10-8-9-16(6-2)13-24)18-19(22)26(12-15(3)4)21(29)23-20(18)28/h15-16H,5-14,22H2,1-4H3,(H,23,28,29). The summed E-state index contributed by atoms with van der Waals surface area (Å²) >= 11 is 0. The number of carbonyl (C=O) groups excluding carboxylic acids is 1. The molecule has 1 aromatic heterocycles. The number of unbranched alkanes of at least 4 members (excludes halogenated alkanes) is 1. The number of carbonyl (C=O) groups is 1. The summed E-state index contributed by atoms with van der Waals surface area (Å²) in [5, 5.41) is 0. The van der Waals surface area contributed by atoms with E-state index in [1.165, 1.54) is 15.9 Å². The van der Waals surface area contributed by atoms with Crippen molar-refractivity contribution in [1.29, 1.82) is 0 Å². The molecular formula is C21H37N5O3. The van der Waals surface area contributed by atoms with Gasteiger partial charge in [-0.3, -0.25) is 24.0 Å². The van der Waals surface area contributed by atoms with Crippen molar-refractivity contribution >= 4 is 17.4 Å². The normalized spacial score (nSPS) is 17.6. The van der Waals surface area contributed by atoms with Crippen molar-refractivity contribution < 1.29 is 4.79 Å². The van der Waals surface area contributed by atoms with Crippen molar-refractivity contribution in [3.05, 3.63) is 20.8 Å². The summed E-state index contributed by atoms with van der Waals surface area (Å²) < 4.78 is 1.36. The molecule has 2 heterocycles. The molecule has 0 spiro atoms. The molecule has 1 saturated heterocycles. The number of aromatic nitrogens is 2. The number of H-pyrrole nitrogens is 1. The fourth-order valence-electron chi connectivity index (χ4n) is 3.97. The number of nitrogens with one attached hydrogen (secondary N) is 1. The summed E-state index contributed by atoms with van der Waals surface area (Å²) in [6, 6.07) is 0. The van der Waals surface area contributed by atoms with Crippen LogP contribution in [0.1, 0.15) is 59.8 Å². The number of piperidine rings is 1. The average Bonchev–Trinajstić information content (AvgIpc) is 2.67. The number of amides is 1. The second-order valence-corrected chi connectivity index (χ2v) is 8.55. The van der Waals surface area contributed by atoms with Crippen LogP contribution in [-0.4, -0.2) is 46.5 Å². The molecule has 2 rings (SSSR count). The van der Waals surface area contributed by atoms with Crippen LogP contribution >= 0.6 is 0 Å². The number of likely N-dealkylation sites (tertiary alicyclic amines) is 1. The molecule has 8 nitrogen and oxygen atoms in total. The molecule has 0 saturated carbocycles. The molecule has 1 unspecified atom stereocenters. The van der Waals surface area contributed by atoms with Gasteiger partial charge in [-0.05, 0) is 37.6 Å². The topological polar surface area (TPSA) is 104 Å². The smallest absolute Gasteiger partial charge is 0.330 e. The lowest BCUT2D eigenvalue weighted by Gasteiger charge is -2.33. The van der Waals surface area contributed by atoms with Crippen molar-refractivity contribution in [2.24, 2.45) is 11.8 Å². The molecule has 1 aromatic rings. The Hall–Kier alpha value is -2.09. The fourth-order valence-corrected chi connectivity index (χ4v) is 3.97. The Morgan fingerprint density at radius 2 is 2.03 bits per heavy atom. The molecule has 0 aromatic carbocycles. The van der Waals surface area contributed by atoms with Crippen LogP contribution < -0.4 is 21.9 Å². The SMILES string of the molecule is CCCCN(C(=O)CN1CCCC(CC)C1)c1c(N)n(CC(C)C)c(=O)[nH]c1=O. The largest absolute Gasteiger partial charge is 0.383 e. The highest BCUT2D eigenvalue weighted by Gasteiger charge is 2.27. The van der Waals surface area contributed by atoms with E-state index in [1.807, 2.05) is 20.8 Å². The van der Waals surface area contributed by atoms with E-state index in [1.54, 1.807) is 0 Å². The highest BCUT2D eigenvalue weighted by atomic mass is 16.2. The first kappa shape index (κ1) is 23.2. The maximum atomic E-state index is 13.2. The van der Waals surface area contributed by atoms with Crippen LogP contribution in [0.3, 0.4) is 0 Å². The van der Waals surface area contributed by atoms with Crippen molar-refractivity contribution in [3.63, 3.8) is 0 Å². The van der Waals surface area contributed by atoms with Gasteiger partial charge in [0.1, 0.15) is 5.82 Å². The zero-order chi connectivity index (χ0) is 21.6. The predicted molar refractivity (Wildman–Crippen MR) is 117 cm³/mol. The Bertz CT molecular complexity index is 798. The maximum absolute atomic E-state index is 13.2. The summed E-state index contributed by atoms with van der Waals surface area (Å²) in [6.45, 7) is 11.0. The average molecular weight is 408 g/mol. The first-order valence-corrected chi connectivity index (χ1v) is 10.9. The molecule has 1 atom stereocenters. The number of rotatable bonds is 9. The van der Waals surface area contributed by atoms with Gasteiger partial charge in [-0.1, -0.05) is 40.5 Å².